The number of hydrogen-bond donors (Lipinski definition) is 2. The highest BCUT2D eigenvalue weighted by Gasteiger charge is 2.14. The van der Waals surface area contributed by atoms with Gasteiger partial charge in [0, 0.05) is 17.6 Å². The molecule has 100 valence electrons. The number of rotatable bonds is 3. The molecule has 1 aliphatic heterocycles. The van der Waals surface area contributed by atoms with Crippen LogP contribution in [0.1, 0.15) is 25.3 Å². The fraction of sp³-hybridized carbons (Fsp3) is 0.438. The van der Waals surface area contributed by atoms with Crippen molar-refractivity contribution < 1.29 is 0 Å². The van der Waals surface area contributed by atoms with E-state index in [1.54, 1.807) is 0 Å². The lowest BCUT2D eigenvalue weighted by Gasteiger charge is -2.24. The van der Waals surface area contributed by atoms with Crippen LogP contribution < -0.4 is 10.6 Å². The number of piperidine rings is 1. The smallest absolute Gasteiger partial charge is 0.134 e. The molecule has 2 N–H and O–H groups in total. The zero-order valence-electron chi connectivity index (χ0n) is 11.4. The normalized spacial score (nSPS) is 16.7. The van der Waals surface area contributed by atoms with E-state index in [1.807, 2.05) is 6.20 Å². The molecule has 0 bridgehead atoms. The first kappa shape index (κ1) is 12.4. The average Bonchev–Trinajstić information content (AvgIpc) is 2.48. The number of aromatic nitrogens is 1. The Hall–Kier alpha value is -1.61. The molecule has 0 saturated carbocycles. The molecule has 1 aromatic carbocycles. The number of benzene rings is 1. The SMILES string of the molecule is CCc1ccc2ccnc(NC3CCNCC3)c2c1. The number of anilines is 1. The quantitative estimate of drug-likeness (QED) is 0.885. The van der Waals surface area contributed by atoms with Gasteiger partial charge in [-0.05, 0) is 55.4 Å². The van der Waals surface area contributed by atoms with Crippen molar-refractivity contribution in [3.63, 3.8) is 0 Å². The van der Waals surface area contributed by atoms with Crippen molar-refractivity contribution in [1.29, 1.82) is 0 Å². The third kappa shape index (κ3) is 2.71. The molecule has 0 aliphatic carbocycles. The van der Waals surface area contributed by atoms with Gasteiger partial charge in [-0.3, -0.25) is 0 Å². The highest BCUT2D eigenvalue weighted by Crippen LogP contribution is 2.24. The Bertz CT molecular complexity index is 559. The van der Waals surface area contributed by atoms with Gasteiger partial charge in [0.2, 0.25) is 0 Å². The summed E-state index contributed by atoms with van der Waals surface area (Å²) < 4.78 is 0. The third-order valence-corrected chi connectivity index (χ3v) is 3.92. The Kier molecular flexibility index (Phi) is 3.65. The van der Waals surface area contributed by atoms with Gasteiger partial charge >= 0.3 is 0 Å². The number of nitrogens with zero attached hydrogens (tertiary/aromatic N) is 1. The molecule has 1 aliphatic rings. The minimum absolute atomic E-state index is 0.546. The van der Waals surface area contributed by atoms with Crippen molar-refractivity contribution in [3.05, 3.63) is 36.0 Å². The summed E-state index contributed by atoms with van der Waals surface area (Å²) >= 11 is 0. The first-order valence-corrected chi connectivity index (χ1v) is 7.21. The van der Waals surface area contributed by atoms with Crippen molar-refractivity contribution in [1.82, 2.24) is 10.3 Å². The molecule has 19 heavy (non-hydrogen) atoms. The minimum atomic E-state index is 0.546. The fourth-order valence-electron chi connectivity index (χ4n) is 2.71. The fourth-order valence-corrected chi connectivity index (χ4v) is 2.71. The van der Waals surface area contributed by atoms with E-state index in [4.69, 9.17) is 0 Å². The molecular formula is C16H21N3. The number of pyridine rings is 1. The maximum absolute atomic E-state index is 4.54. The maximum Gasteiger partial charge on any atom is 0.134 e. The van der Waals surface area contributed by atoms with Crippen LogP contribution in [0.25, 0.3) is 10.8 Å². The van der Waals surface area contributed by atoms with Gasteiger partial charge in [-0.15, -0.1) is 0 Å². The van der Waals surface area contributed by atoms with Gasteiger partial charge in [-0.25, -0.2) is 4.98 Å². The van der Waals surface area contributed by atoms with Gasteiger partial charge in [0.05, 0.1) is 0 Å². The van der Waals surface area contributed by atoms with Crippen molar-refractivity contribution in [2.75, 3.05) is 18.4 Å². The second kappa shape index (κ2) is 5.57. The van der Waals surface area contributed by atoms with Crippen LogP contribution in [0.2, 0.25) is 0 Å². The molecule has 3 nitrogen and oxygen atoms in total. The van der Waals surface area contributed by atoms with E-state index >= 15 is 0 Å². The Morgan fingerprint density at radius 2 is 2.11 bits per heavy atom. The molecule has 0 radical (unpaired) electrons. The molecule has 1 saturated heterocycles. The van der Waals surface area contributed by atoms with Crippen molar-refractivity contribution in [3.8, 4) is 0 Å². The van der Waals surface area contributed by atoms with Crippen LogP contribution in [0.3, 0.4) is 0 Å². The summed E-state index contributed by atoms with van der Waals surface area (Å²) in [4.78, 5) is 4.54. The predicted molar refractivity (Wildman–Crippen MR) is 80.6 cm³/mol. The van der Waals surface area contributed by atoms with E-state index in [1.165, 1.54) is 29.2 Å². The molecule has 0 amide bonds. The van der Waals surface area contributed by atoms with Gasteiger partial charge in [0.1, 0.15) is 5.82 Å². The lowest BCUT2D eigenvalue weighted by molar-refractivity contribution is 0.478. The van der Waals surface area contributed by atoms with E-state index in [0.29, 0.717) is 6.04 Å². The lowest BCUT2D eigenvalue weighted by atomic mass is 10.0. The molecule has 0 spiro atoms. The number of aryl methyl sites for hydroxylation is 1. The lowest BCUT2D eigenvalue weighted by Crippen LogP contribution is -2.35. The Morgan fingerprint density at radius 3 is 2.89 bits per heavy atom. The number of fused-ring (bicyclic) bond motifs is 1. The maximum atomic E-state index is 4.54. The second-order valence-corrected chi connectivity index (χ2v) is 5.24. The van der Waals surface area contributed by atoms with Crippen LogP contribution in [0, 0.1) is 0 Å². The Balaban J connectivity index is 1.92. The Labute approximate surface area is 114 Å². The average molecular weight is 255 g/mol. The molecular weight excluding hydrogens is 234 g/mol. The van der Waals surface area contributed by atoms with Crippen LogP contribution in [0.5, 0.6) is 0 Å². The predicted octanol–water partition coefficient (Wildman–Crippen LogP) is 2.96. The van der Waals surface area contributed by atoms with Crippen molar-refractivity contribution in [2.45, 2.75) is 32.2 Å². The largest absolute Gasteiger partial charge is 0.367 e. The van der Waals surface area contributed by atoms with Gasteiger partial charge < -0.3 is 10.6 Å². The molecule has 1 aromatic heterocycles. The van der Waals surface area contributed by atoms with E-state index in [2.05, 4.69) is 46.8 Å². The van der Waals surface area contributed by atoms with Crippen LogP contribution in [-0.2, 0) is 6.42 Å². The van der Waals surface area contributed by atoms with Crippen molar-refractivity contribution >= 4 is 16.6 Å². The minimum Gasteiger partial charge on any atom is -0.367 e. The van der Waals surface area contributed by atoms with Crippen LogP contribution in [-0.4, -0.2) is 24.1 Å². The molecule has 1 fully saturated rings. The second-order valence-electron chi connectivity index (χ2n) is 5.24. The number of nitrogens with one attached hydrogen (secondary N) is 2. The van der Waals surface area contributed by atoms with E-state index in [9.17, 15) is 0 Å². The standard InChI is InChI=1S/C16H21N3/c1-2-12-3-4-13-5-10-18-16(15(13)11-12)19-14-6-8-17-9-7-14/h3-5,10-11,14,17H,2,6-9H2,1H3,(H,18,19). The van der Waals surface area contributed by atoms with Gasteiger partial charge in [-0.1, -0.05) is 19.1 Å². The van der Waals surface area contributed by atoms with E-state index < -0.39 is 0 Å². The molecule has 3 heteroatoms. The van der Waals surface area contributed by atoms with Gasteiger partial charge in [0.15, 0.2) is 0 Å². The summed E-state index contributed by atoms with van der Waals surface area (Å²) in [5.74, 6) is 1.04. The highest BCUT2D eigenvalue weighted by atomic mass is 15.0. The van der Waals surface area contributed by atoms with Gasteiger partial charge in [0.25, 0.3) is 0 Å². The Morgan fingerprint density at radius 1 is 1.26 bits per heavy atom. The van der Waals surface area contributed by atoms with Crippen LogP contribution in [0.15, 0.2) is 30.5 Å². The summed E-state index contributed by atoms with van der Waals surface area (Å²) in [6.07, 6.45) is 5.31. The molecule has 0 atom stereocenters. The first-order valence-electron chi connectivity index (χ1n) is 7.21. The topological polar surface area (TPSA) is 37.0 Å². The summed E-state index contributed by atoms with van der Waals surface area (Å²) in [5.41, 5.74) is 1.37. The molecule has 2 heterocycles. The molecule has 3 rings (SSSR count). The van der Waals surface area contributed by atoms with Crippen LogP contribution >= 0.6 is 0 Å². The molecule has 0 unspecified atom stereocenters. The summed E-state index contributed by atoms with van der Waals surface area (Å²) in [6, 6.07) is 9.30. The van der Waals surface area contributed by atoms with E-state index in [0.717, 1.165) is 25.3 Å². The summed E-state index contributed by atoms with van der Waals surface area (Å²) in [6.45, 7) is 4.39. The zero-order valence-corrected chi connectivity index (χ0v) is 11.4. The first-order chi connectivity index (χ1) is 9.36. The third-order valence-electron chi connectivity index (χ3n) is 3.92. The monoisotopic (exact) mass is 255 g/mol. The van der Waals surface area contributed by atoms with E-state index in [-0.39, 0.29) is 0 Å². The zero-order chi connectivity index (χ0) is 13.1. The van der Waals surface area contributed by atoms with Crippen molar-refractivity contribution in [2.24, 2.45) is 0 Å². The summed E-state index contributed by atoms with van der Waals surface area (Å²) in [5, 5.41) is 9.54. The number of hydrogen-bond acceptors (Lipinski definition) is 3. The summed E-state index contributed by atoms with van der Waals surface area (Å²) in [7, 11) is 0. The highest BCUT2D eigenvalue weighted by molar-refractivity contribution is 5.92. The van der Waals surface area contributed by atoms with Gasteiger partial charge in [-0.2, -0.15) is 0 Å². The molecule has 2 aromatic rings. The van der Waals surface area contributed by atoms with Crippen LogP contribution in [0.4, 0.5) is 5.82 Å².